The molecule has 1 aromatic carbocycles. The van der Waals surface area contributed by atoms with E-state index in [1.807, 2.05) is 12.1 Å². The number of hydrogen-bond donors (Lipinski definition) is 0. The van der Waals surface area contributed by atoms with Crippen molar-refractivity contribution < 1.29 is 10.9 Å². The zero-order valence-electron chi connectivity index (χ0n) is 13.5. The Morgan fingerprint density at radius 2 is 2.19 bits per heavy atom. The van der Waals surface area contributed by atoms with Crippen LogP contribution in [0.2, 0.25) is 0 Å². The van der Waals surface area contributed by atoms with Gasteiger partial charge in [0.05, 0.1) is 12.7 Å². The smallest absolute Gasteiger partial charge is 0.337 e. The summed E-state index contributed by atoms with van der Waals surface area (Å²) in [5.41, 5.74) is 2.39. The van der Waals surface area contributed by atoms with E-state index in [2.05, 4.69) is 16.5 Å². The second kappa shape index (κ2) is 7.07. The molecule has 2 aromatic rings. The molecule has 1 heterocycles. The van der Waals surface area contributed by atoms with Crippen LogP contribution in [0.3, 0.4) is 0 Å². The van der Waals surface area contributed by atoms with Crippen molar-refractivity contribution in [2.75, 3.05) is 7.11 Å². The molecular formula is C17H21N2O2. The number of carbonyl (C=O) groups is 1. The summed E-state index contributed by atoms with van der Waals surface area (Å²) < 4.78 is 14.3. The van der Waals surface area contributed by atoms with Crippen LogP contribution in [0.5, 0.6) is 0 Å². The van der Waals surface area contributed by atoms with Crippen LogP contribution >= 0.6 is 0 Å². The predicted molar refractivity (Wildman–Crippen MR) is 82.2 cm³/mol. The Kier molecular flexibility index (Phi) is 4.66. The van der Waals surface area contributed by atoms with Gasteiger partial charge in [0, 0.05) is 26.2 Å². The average molecular weight is 286 g/mol. The van der Waals surface area contributed by atoms with Crippen LogP contribution < -0.4 is 0 Å². The first-order valence-corrected chi connectivity index (χ1v) is 7.12. The molecule has 0 bridgehead atoms. The van der Waals surface area contributed by atoms with Crippen molar-refractivity contribution in [1.82, 2.24) is 9.55 Å². The lowest BCUT2D eigenvalue weighted by Crippen LogP contribution is -2.08. The second-order valence-corrected chi connectivity index (χ2v) is 4.98. The van der Waals surface area contributed by atoms with Gasteiger partial charge in [-0.05, 0) is 31.0 Å². The lowest BCUT2D eigenvalue weighted by molar-refractivity contribution is 0.0600. The first-order chi connectivity index (χ1) is 10.7. The van der Waals surface area contributed by atoms with Crippen LogP contribution in [0.15, 0.2) is 30.5 Å². The average Bonchev–Trinajstić information content (AvgIpc) is 2.94. The Balaban J connectivity index is 2.18. The highest BCUT2D eigenvalue weighted by Gasteiger charge is 2.09. The fourth-order valence-electron chi connectivity index (χ4n) is 2.19. The first kappa shape index (κ1) is 13.9. The van der Waals surface area contributed by atoms with Crippen molar-refractivity contribution in [2.45, 2.75) is 32.7 Å². The maximum absolute atomic E-state index is 11.4. The number of ether oxygens (including phenoxy) is 1. The van der Waals surface area contributed by atoms with Gasteiger partial charge in [-0.2, -0.15) is 0 Å². The van der Waals surface area contributed by atoms with Gasteiger partial charge in [0.25, 0.3) is 0 Å². The van der Waals surface area contributed by atoms with Crippen LogP contribution in [0, 0.1) is 6.90 Å². The largest absolute Gasteiger partial charge is 0.465 e. The molecule has 0 saturated heterocycles. The van der Waals surface area contributed by atoms with Gasteiger partial charge in [-0.3, -0.25) is 0 Å². The molecule has 1 aromatic heterocycles. The van der Waals surface area contributed by atoms with Gasteiger partial charge in [0.15, 0.2) is 0 Å². The highest BCUT2D eigenvalue weighted by atomic mass is 16.5. The van der Waals surface area contributed by atoms with E-state index in [9.17, 15) is 4.79 Å². The van der Waals surface area contributed by atoms with E-state index >= 15 is 0 Å². The van der Waals surface area contributed by atoms with Crippen molar-refractivity contribution >= 4 is 5.97 Å². The summed E-state index contributed by atoms with van der Waals surface area (Å²) in [5, 5.41) is 0. The van der Waals surface area contributed by atoms with Crippen molar-refractivity contribution in [3.63, 3.8) is 0 Å². The number of nitrogens with zero attached hydrogens (tertiary/aromatic N) is 2. The van der Waals surface area contributed by atoms with Crippen LogP contribution in [0.25, 0.3) is 0 Å². The Morgan fingerprint density at radius 1 is 1.43 bits per heavy atom. The highest BCUT2D eigenvalue weighted by molar-refractivity contribution is 5.89. The molecule has 0 N–H and O–H groups in total. The molecule has 0 atom stereocenters. The normalized spacial score (nSPS) is 11.2. The predicted octanol–water partition coefficient (Wildman–Crippen LogP) is 3.24. The first-order valence-electron chi connectivity index (χ1n) is 7.70. The fraction of sp³-hybridized carbons (Fsp3) is 0.353. The van der Waals surface area contributed by atoms with Crippen molar-refractivity contribution in [1.29, 1.82) is 0 Å². The molecule has 0 aliphatic heterocycles. The number of esters is 1. The molecule has 0 amide bonds. The number of unbranched alkanes of at least 4 members (excludes halogenated alkanes) is 1. The van der Waals surface area contributed by atoms with Gasteiger partial charge in [0.1, 0.15) is 5.82 Å². The van der Waals surface area contributed by atoms with Gasteiger partial charge >= 0.3 is 5.97 Å². The van der Waals surface area contributed by atoms with E-state index in [1.165, 1.54) is 14.0 Å². The topological polar surface area (TPSA) is 44.1 Å². The molecule has 0 unspecified atom stereocenters. The summed E-state index contributed by atoms with van der Waals surface area (Å²) in [4.78, 5) is 15.9. The summed E-state index contributed by atoms with van der Waals surface area (Å²) >= 11 is 0. The molecule has 0 spiro atoms. The zero-order chi connectivity index (χ0) is 15.9. The number of rotatable bonds is 7. The van der Waals surface area contributed by atoms with E-state index in [0.717, 1.165) is 36.3 Å². The molecule has 1 radical (unpaired) electrons. The van der Waals surface area contributed by atoms with E-state index in [0.29, 0.717) is 12.1 Å². The van der Waals surface area contributed by atoms with Gasteiger partial charge in [0.2, 0.25) is 0 Å². The molecule has 0 saturated carbocycles. The van der Waals surface area contributed by atoms with Crippen LogP contribution in [-0.2, 0) is 17.7 Å². The van der Waals surface area contributed by atoms with Crippen molar-refractivity contribution in [3.05, 3.63) is 60.0 Å². The van der Waals surface area contributed by atoms with Gasteiger partial charge in [-0.1, -0.05) is 25.5 Å². The summed E-state index contributed by atoms with van der Waals surface area (Å²) in [5.74, 6) is 0.662. The van der Waals surface area contributed by atoms with Gasteiger partial charge in [-0.25, -0.2) is 9.78 Å². The SMILES string of the molecule is [2H][CH]c1cnc(CCCC)n1Cc1ccc(C(=O)OC)cc1. The molecule has 0 aliphatic rings. The third-order valence-corrected chi connectivity index (χ3v) is 3.44. The van der Waals surface area contributed by atoms with Crippen molar-refractivity contribution in [3.8, 4) is 0 Å². The Labute approximate surface area is 127 Å². The summed E-state index contributed by atoms with van der Waals surface area (Å²) in [6.07, 6.45) is 4.84. The van der Waals surface area contributed by atoms with Gasteiger partial charge in [-0.15, -0.1) is 0 Å². The number of carbonyl (C=O) groups excluding carboxylic acids is 1. The number of aromatic nitrogens is 2. The second-order valence-electron chi connectivity index (χ2n) is 4.98. The zero-order valence-corrected chi connectivity index (χ0v) is 12.5. The summed E-state index contributed by atoms with van der Waals surface area (Å²) in [6.45, 7) is 4.12. The Hall–Kier alpha value is -2.10. The maximum atomic E-state index is 11.4. The number of aryl methyl sites for hydroxylation is 1. The van der Waals surface area contributed by atoms with Crippen molar-refractivity contribution in [2.24, 2.45) is 0 Å². The molecule has 111 valence electrons. The summed E-state index contributed by atoms with van der Waals surface area (Å²) in [6, 6.07) is 7.33. The molecule has 2 rings (SSSR count). The minimum absolute atomic E-state index is 0.335. The summed E-state index contributed by atoms with van der Waals surface area (Å²) in [7, 11) is 1.37. The fourth-order valence-corrected chi connectivity index (χ4v) is 2.19. The molecule has 0 fully saturated rings. The monoisotopic (exact) mass is 286 g/mol. The van der Waals surface area contributed by atoms with Gasteiger partial charge < -0.3 is 9.30 Å². The number of benzene rings is 1. The number of imidazole rings is 1. The molecule has 4 nitrogen and oxygen atoms in total. The molecule has 21 heavy (non-hydrogen) atoms. The van der Waals surface area contributed by atoms with E-state index < -0.39 is 0 Å². The number of methoxy groups -OCH3 is 1. The van der Waals surface area contributed by atoms with Crippen LogP contribution in [0.1, 0.15) is 48.6 Å². The van der Waals surface area contributed by atoms with E-state index in [-0.39, 0.29) is 5.97 Å². The minimum Gasteiger partial charge on any atom is -0.465 e. The van der Waals surface area contributed by atoms with Crippen LogP contribution in [0.4, 0.5) is 0 Å². The van der Waals surface area contributed by atoms with E-state index in [1.54, 1.807) is 18.3 Å². The van der Waals surface area contributed by atoms with E-state index in [4.69, 9.17) is 6.11 Å². The molecule has 4 heteroatoms. The third kappa shape index (κ3) is 3.72. The molecular weight excluding hydrogens is 264 g/mol. The highest BCUT2D eigenvalue weighted by Crippen LogP contribution is 2.13. The standard InChI is InChI=1S/C17H21N2O2/c1-4-5-6-16-18-11-13(2)19(16)12-14-7-9-15(10-8-14)17(20)21-3/h7-11H,2,4-6,12H2,1,3H3/i2D. The maximum Gasteiger partial charge on any atom is 0.337 e. The quantitative estimate of drug-likeness (QED) is 0.734. The lowest BCUT2D eigenvalue weighted by Gasteiger charge is -2.10. The Bertz CT molecular complexity index is 620. The minimum atomic E-state index is -0.335. The molecule has 0 aliphatic carbocycles. The van der Waals surface area contributed by atoms with Crippen LogP contribution in [-0.4, -0.2) is 22.6 Å². The Morgan fingerprint density at radius 3 is 2.81 bits per heavy atom. The lowest BCUT2D eigenvalue weighted by atomic mass is 10.1. The number of hydrogen-bond acceptors (Lipinski definition) is 3. The third-order valence-electron chi connectivity index (χ3n) is 3.44.